The molecule has 0 aromatic heterocycles. The summed E-state index contributed by atoms with van der Waals surface area (Å²) in [5.74, 6) is -0.375. The van der Waals surface area contributed by atoms with Gasteiger partial charge in [0.15, 0.2) is 0 Å². The summed E-state index contributed by atoms with van der Waals surface area (Å²) in [4.78, 5) is 12.4. The third kappa shape index (κ3) is 3.09. The topological polar surface area (TPSA) is 47.6 Å². The Morgan fingerprint density at radius 2 is 2.14 bits per heavy atom. The summed E-state index contributed by atoms with van der Waals surface area (Å²) >= 11 is 0. The fraction of sp³-hybridized carbons (Fsp3) is 0.588. The van der Waals surface area contributed by atoms with Gasteiger partial charge in [0.2, 0.25) is 0 Å². The number of nitrogens with one attached hydrogen (secondary N) is 1. The van der Waals surface area contributed by atoms with Crippen LogP contribution in [0.15, 0.2) is 18.2 Å². The number of halogens is 1. The molecule has 1 heterocycles. The second-order valence-corrected chi connectivity index (χ2v) is 6.27. The molecule has 1 aromatic carbocycles. The summed E-state index contributed by atoms with van der Waals surface area (Å²) in [6.45, 7) is 0.531. The maximum Gasteiger partial charge on any atom is 0.255 e. The second kappa shape index (κ2) is 6.24. The quantitative estimate of drug-likeness (QED) is 0.933. The van der Waals surface area contributed by atoms with Gasteiger partial charge in [-0.1, -0.05) is 19.3 Å². The summed E-state index contributed by atoms with van der Waals surface area (Å²) in [6.07, 6.45) is 6.64. The van der Waals surface area contributed by atoms with Crippen molar-refractivity contribution in [2.45, 2.75) is 50.2 Å². The summed E-state index contributed by atoms with van der Waals surface area (Å²) in [5, 5.41) is 2.96. The third-order valence-corrected chi connectivity index (χ3v) is 4.72. The summed E-state index contributed by atoms with van der Waals surface area (Å²) in [5.41, 5.74) is 0.175. The number of ether oxygens (including phenoxy) is 2. The summed E-state index contributed by atoms with van der Waals surface area (Å²) in [6, 6.07) is 3.95. The van der Waals surface area contributed by atoms with Crippen molar-refractivity contribution in [3.8, 4) is 5.75 Å². The largest absolute Gasteiger partial charge is 0.496 e. The number of hydrogen-bond acceptors (Lipinski definition) is 3. The predicted molar refractivity (Wildman–Crippen MR) is 80.6 cm³/mol. The van der Waals surface area contributed by atoms with Crippen LogP contribution in [0.4, 0.5) is 4.39 Å². The Labute approximate surface area is 130 Å². The molecule has 4 nitrogen and oxygen atoms in total. The van der Waals surface area contributed by atoms with Crippen molar-refractivity contribution >= 4 is 5.91 Å². The monoisotopic (exact) mass is 307 g/mol. The molecule has 1 saturated carbocycles. The van der Waals surface area contributed by atoms with Crippen LogP contribution in [-0.2, 0) is 4.74 Å². The van der Waals surface area contributed by atoms with E-state index in [1.807, 2.05) is 0 Å². The van der Waals surface area contributed by atoms with Crippen LogP contribution in [-0.4, -0.2) is 31.3 Å². The first kappa shape index (κ1) is 15.3. The smallest absolute Gasteiger partial charge is 0.255 e. The molecule has 120 valence electrons. The zero-order valence-electron chi connectivity index (χ0n) is 12.9. The lowest BCUT2D eigenvalue weighted by Gasteiger charge is -2.32. The highest BCUT2D eigenvalue weighted by Gasteiger charge is 2.41. The van der Waals surface area contributed by atoms with Crippen molar-refractivity contribution in [1.29, 1.82) is 0 Å². The fourth-order valence-electron chi connectivity index (χ4n) is 3.60. The van der Waals surface area contributed by atoms with E-state index in [1.165, 1.54) is 44.6 Å². The van der Waals surface area contributed by atoms with Gasteiger partial charge in [-0.15, -0.1) is 0 Å². The van der Waals surface area contributed by atoms with E-state index >= 15 is 0 Å². The van der Waals surface area contributed by atoms with E-state index in [0.29, 0.717) is 12.4 Å². The first-order chi connectivity index (χ1) is 10.6. The van der Waals surface area contributed by atoms with E-state index in [0.717, 1.165) is 19.3 Å². The molecule has 1 N–H and O–H groups in total. The van der Waals surface area contributed by atoms with Crippen molar-refractivity contribution in [3.05, 3.63) is 29.6 Å². The van der Waals surface area contributed by atoms with E-state index < -0.39 is 5.82 Å². The molecule has 3 rings (SSSR count). The van der Waals surface area contributed by atoms with Crippen molar-refractivity contribution in [2.75, 3.05) is 13.7 Å². The molecule has 1 aliphatic carbocycles. The van der Waals surface area contributed by atoms with Gasteiger partial charge >= 0.3 is 0 Å². The van der Waals surface area contributed by atoms with E-state index in [-0.39, 0.29) is 23.1 Å². The van der Waals surface area contributed by atoms with E-state index in [4.69, 9.17) is 9.47 Å². The molecule has 5 heteroatoms. The van der Waals surface area contributed by atoms with Gasteiger partial charge in [-0.25, -0.2) is 4.39 Å². The van der Waals surface area contributed by atoms with Gasteiger partial charge in [0, 0.05) is 0 Å². The minimum absolute atomic E-state index is 0.0152. The average molecular weight is 307 g/mol. The van der Waals surface area contributed by atoms with Crippen molar-refractivity contribution in [2.24, 2.45) is 0 Å². The molecule has 1 atom stereocenters. The van der Waals surface area contributed by atoms with Crippen LogP contribution in [0.5, 0.6) is 5.75 Å². The maximum atomic E-state index is 13.4. The zero-order valence-corrected chi connectivity index (χ0v) is 12.9. The van der Waals surface area contributed by atoms with Crippen molar-refractivity contribution < 1.29 is 18.7 Å². The van der Waals surface area contributed by atoms with Crippen LogP contribution in [0.1, 0.15) is 48.9 Å². The molecule has 1 aromatic rings. The lowest BCUT2D eigenvalue weighted by atomic mass is 9.82. The molecule has 2 aliphatic rings. The molecule has 1 spiro atoms. The summed E-state index contributed by atoms with van der Waals surface area (Å²) in [7, 11) is 1.47. The molecule has 2 fully saturated rings. The Morgan fingerprint density at radius 1 is 1.36 bits per heavy atom. The Kier molecular flexibility index (Phi) is 4.34. The van der Waals surface area contributed by atoms with Crippen LogP contribution in [0.2, 0.25) is 0 Å². The van der Waals surface area contributed by atoms with Crippen molar-refractivity contribution in [1.82, 2.24) is 5.32 Å². The first-order valence-corrected chi connectivity index (χ1v) is 7.90. The highest BCUT2D eigenvalue weighted by atomic mass is 19.1. The fourth-order valence-corrected chi connectivity index (χ4v) is 3.60. The van der Waals surface area contributed by atoms with Crippen LogP contribution in [0, 0.1) is 5.82 Å². The molecule has 0 radical (unpaired) electrons. The number of hydrogen-bond donors (Lipinski definition) is 1. The molecule has 1 amide bonds. The number of benzene rings is 1. The van der Waals surface area contributed by atoms with Crippen molar-refractivity contribution in [3.63, 3.8) is 0 Å². The maximum absolute atomic E-state index is 13.4. The minimum Gasteiger partial charge on any atom is -0.496 e. The normalized spacial score (nSPS) is 23.5. The Balaban J connectivity index is 1.66. The lowest BCUT2D eigenvalue weighted by molar-refractivity contribution is -0.0246. The Bertz CT molecular complexity index is 555. The standard InChI is InChI=1S/C17H22FNO3/c1-21-15-6-5-12(18)9-14(15)16(20)19-13-10-17(22-11-13)7-3-2-4-8-17/h5-6,9,13H,2-4,7-8,10-11H2,1H3,(H,19,20)/t13-/m1/s1. The second-order valence-electron chi connectivity index (χ2n) is 6.27. The van der Waals surface area contributed by atoms with E-state index in [1.54, 1.807) is 0 Å². The lowest BCUT2D eigenvalue weighted by Crippen LogP contribution is -2.37. The number of carbonyl (C=O) groups is 1. The number of amides is 1. The van der Waals surface area contributed by atoms with Gasteiger partial charge in [0.1, 0.15) is 11.6 Å². The van der Waals surface area contributed by atoms with Crippen LogP contribution < -0.4 is 10.1 Å². The van der Waals surface area contributed by atoms with Gasteiger partial charge in [-0.2, -0.15) is 0 Å². The Hall–Kier alpha value is -1.62. The molecule has 22 heavy (non-hydrogen) atoms. The molecule has 0 bridgehead atoms. The van der Waals surface area contributed by atoms with Gasteiger partial charge in [0.25, 0.3) is 5.91 Å². The molecule has 1 aliphatic heterocycles. The van der Waals surface area contributed by atoms with Gasteiger partial charge in [-0.3, -0.25) is 4.79 Å². The van der Waals surface area contributed by atoms with Crippen LogP contribution in [0.25, 0.3) is 0 Å². The minimum atomic E-state index is -0.447. The molecule has 0 unspecified atom stereocenters. The first-order valence-electron chi connectivity index (χ1n) is 7.90. The van der Waals surface area contributed by atoms with Crippen LogP contribution >= 0.6 is 0 Å². The zero-order chi connectivity index (χ0) is 15.6. The van der Waals surface area contributed by atoms with Crippen LogP contribution in [0.3, 0.4) is 0 Å². The number of rotatable bonds is 3. The van der Waals surface area contributed by atoms with E-state index in [2.05, 4.69) is 5.32 Å². The van der Waals surface area contributed by atoms with Gasteiger partial charge in [0.05, 0.1) is 30.9 Å². The highest BCUT2D eigenvalue weighted by Crippen LogP contribution is 2.39. The Morgan fingerprint density at radius 3 is 2.86 bits per heavy atom. The van der Waals surface area contributed by atoms with Gasteiger partial charge in [-0.05, 0) is 37.5 Å². The predicted octanol–water partition coefficient (Wildman–Crippen LogP) is 3.06. The third-order valence-electron chi connectivity index (χ3n) is 4.72. The SMILES string of the molecule is COc1ccc(F)cc1C(=O)N[C@H]1COC2(CCCCC2)C1. The van der Waals surface area contributed by atoms with E-state index in [9.17, 15) is 9.18 Å². The highest BCUT2D eigenvalue weighted by molar-refractivity contribution is 5.97. The number of methoxy groups -OCH3 is 1. The number of carbonyl (C=O) groups excluding carboxylic acids is 1. The summed E-state index contributed by atoms with van der Waals surface area (Å²) < 4.78 is 24.5. The molecular formula is C17H22FNO3. The van der Waals surface area contributed by atoms with Gasteiger partial charge < -0.3 is 14.8 Å². The molecular weight excluding hydrogens is 285 g/mol. The molecule has 1 saturated heterocycles. The average Bonchev–Trinajstić information content (AvgIpc) is 2.90.